The first kappa shape index (κ1) is 15.0. The smallest absolute Gasteiger partial charge is 0.122 e. The Morgan fingerprint density at radius 2 is 2.00 bits per heavy atom. The lowest BCUT2D eigenvalue weighted by Crippen LogP contribution is -2.16. The summed E-state index contributed by atoms with van der Waals surface area (Å²) >= 11 is 0. The summed E-state index contributed by atoms with van der Waals surface area (Å²) in [6, 6.07) is 6.13. The summed E-state index contributed by atoms with van der Waals surface area (Å²) in [5, 5.41) is 18.6. The minimum absolute atomic E-state index is 0.188. The van der Waals surface area contributed by atoms with Gasteiger partial charge in [-0.3, -0.25) is 0 Å². The number of aliphatic hydroxyl groups is 2. The molecule has 0 saturated heterocycles. The van der Waals surface area contributed by atoms with Crippen molar-refractivity contribution in [2.45, 2.75) is 45.6 Å². The molecule has 0 aliphatic heterocycles. The number of benzene rings is 1. The van der Waals surface area contributed by atoms with Gasteiger partial charge in [0, 0.05) is 0 Å². The van der Waals surface area contributed by atoms with Crippen LogP contribution in [0.15, 0.2) is 18.2 Å². The molecule has 0 saturated carbocycles. The summed E-state index contributed by atoms with van der Waals surface area (Å²) in [6.07, 6.45) is 0.821. The number of aliphatic hydroxyl groups excluding tert-OH is 2. The van der Waals surface area contributed by atoms with E-state index in [0.717, 1.165) is 17.7 Å². The first-order valence-electron chi connectivity index (χ1n) is 6.64. The molecule has 1 rings (SSSR count). The topological polar surface area (TPSA) is 49.7 Å². The second-order valence-corrected chi connectivity index (χ2v) is 4.65. The Morgan fingerprint density at radius 3 is 2.56 bits per heavy atom. The zero-order valence-electron chi connectivity index (χ0n) is 11.5. The summed E-state index contributed by atoms with van der Waals surface area (Å²) in [7, 11) is 0. The highest BCUT2D eigenvalue weighted by atomic mass is 16.5. The fourth-order valence-corrected chi connectivity index (χ4v) is 2.19. The first-order valence-corrected chi connectivity index (χ1v) is 6.64. The second-order valence-electron chi connectivity index (χ2n) is 4.65. The lowest BCUT2D eigenvalue weighted by Gasteiger charge is -2.21. The Hall–Kier alpha value is -1.06. The molecule has 3 heteroatoms. The quantitative estimate of drug-likeness (QED) is 0.784. The van der Waals surface area contributed by atoms with Gasteiger partial charge in [0.25, 0.3) is 0 Å². The third kappa shape index (κ3) is 4.00. The Labute approximate surface area is 109 Å². The molecule has 1 aromatic rings. The van der Waals surface area contributed by atoms with Crippen molar-refractivity contribution >= 4 is 0 Å². The largest absolute Gasteiger partial charge is 0.494 e. The molecule has 0 radical (unpaired) electrons. The van der Waals surface area contributed by atoms with E-state index < -0.39 is 6.10 Å². The highest BCUT2D eigenvalue weighted by molar-refractivity contribution is 5.39. The molecule has 0 aliphatic rings. The lowest BCUT2D eigenvalue weighted by atomic mass is 9.89. The van der Waals surface area contributed by atoms with Crippen LogP contribution < -0.4 is 4.74 Å². The van der Waals surface area contributed by atoms with Crippen molar-refractivity contribution in [1.82, 2.24) is 0 Å². The highest BCUT2D eigenvalue weighted by Crippen LogP contribution is 2.33. The van der Waals surface area contributed by atoms with E-state index in [4.69, 9.17) is 9.84 Å². The fraction of sp³-hybridized carbons (Fsp3) is 0.600. The molecular formula is C15H24O3. The van der Waals surface area contributed by atoms with E-state index in [0.29, 0.717) is 13.0 Å². The Bertz CT molecular complexity index is 363. The molecule has 1 aromatic carbocycles. The molecule has 0 aliphatic carbocycles. The predicted octanol–water partition coefficient (Wildman–Crippen LogP) is 2.63. The van der Waals surface area contributed by atoms with Gasteiger partial charge < -0.3 is 14.9 Å². The van der Waals surface area contributed by atoms with Crippen molar-refractivity contribution in [3.05, 3.63) is 29.3 Å². The van der Waals surface area contributed by atoms with Gasteiger partial charge in [-0.2, -0.15) is 0 Å². The minimum atomic E-state index is -0.662. The number of ether oxygens (including phenoxy) is 1. The molecule has 102 valence electrons. The molecular weight excluding hydrogens is 228 g/mol. The van der Waals surface area contributed by atoms with Crippen molar-refractivity contribution in [1.29, 1.82) is 0 Å². The van der Waals surface area contributed by atoms with E-state index in [-0.39, 0.29) is 12.5 Å². The lowest BCUT2D eigenvalue weighted by molar-refractivity contribution is 0.0815. The average molecular weight is 252 g/mol. The maximum absolute atomic E-state index is 9.62. The van der Waals surface area contributed by atoms with E-state index in [1.165, 1.54) is 5.56 Å². The van der Waals surface area contributed by atoms with Gasteiger partial charge in [0.15, 0.2) is 0 Å². The summed E-state index contributed by atoms with van der Waals surface area (Å²) < 4.78 is 5.65. The number of rotatable bonds is 7. The molecule has 0 bridgehead atoms. The average Bonchev–Trinajstić information content (AvgIpc) is 2.38. The van der Waals surface area contributed by atoms with Gasteiger partial charge in [0.1, 0.15) is 5.75 Å². The monoisotopic (exact) mass is 252 g/mol. The van der Waals surface area contributed by atoms with Gasteiger partial charge >= 0.3 is 0 Å². The van der Waals surface area contributed by atoms with E-state index in [1.54, 1.807) is 0 Å². The third-order valence-corrected chi connectivity index (χ3v) is 3.17. The van der Waals surface area contributed by atoms with Crippen LogP contribution >= 0.6 is 0 Å². The fourth-order valence-electron chi connectivity index (χ4n) is 2.19. The summed E-state index contributed by atoms with van der Waals surface area (Å²) in [5.41, 5.74) is 2.32. The molecule has 0 heterocycles. The van der Waals surface area contributed by atoms with Crippen molar-refractivity contribution in [2.75, 3.05) is 13.2 Å². The van der Waals surface area contributed by atoms with E-state index in [2.05, 4.69) is 19.9 Å². The van der Waals surface area contributed by atoms with Gasteiger partial charge in [-0.05, 0) is 44.2 Å². The maximum atomic E-state index is 9.62. The predicted molar refractivity (Wildman–Crippen MR) is 73.1 cm³/mol. The Kier molecular flexibility index (Phi) is 6.16. The molecule has 2 unspecified atom stereocenters. The molecule has 3 nitrogen and oxygen atoms in total. The molecule has 0 spiro atoms. The molecule has 2 atom stereocenters. The van der Waals surface area contributed by atoms with Gasteiger partial charge in [-0.25, -0.2) is 0 Å². The number of hydrogen-bond donors (Lipinski definition) is 2. The maximum Gasteiger partial charge on any atom is 0.122 e. The summed E-state index contributed by atoms with van der Waals surface area (Å²) in [6.45, 7) is 6.55. The zero-order chi connectivity index (χ0) is 13.5. The van der Waals surface area contributed by atoms with E-state index in [9.17, 15) is 5.11 Å². The molecule has 0 aromatic heterocycles. The van der Waals surface area contributed by atoms with Crippen LogP contribution in [0.3, 0.4) is 0 Å². The minimum Gasteiger partial charge on any atom is -0.494 e. The zero-order valence-corrected chi connectivity index (χ0v) is 11.5. The van der Waals surface area contributed by atoms with Crippen LogP contribution in [0.1, 0.15) is 43.7 Å². The van der Waals surface area contributed by atoms with Crippen molar-refractivity contribution in [2.24, 2.45) is 0 Å². The van der Waals surface area contributed by atoms with E-state index in [1.807, 2.05) is 19.1 Å². The van der Waals surface area contributed by atoms with E-state index >= 15 is 0 Å². The number of hydrogen-bond acceptors (Lipinski definition) is 3. The van der Waals surface area contributed by atoms with Gasteiger partial charge in [-0.15, -0.1) is 0 Å². The van der Waals surface area contributed by atoms with Crippen molar-refractivity contribution in [3.63, 3.8) is 0 Å². The van der Waals surface area contributed by atoms with Gasteiger partial charge in [0.05, 0.1) is 19.3 Å². The van der Waals surface area contributed by atoms with Gasteiger partial charge in [0.2, 0.25) is 0 Å². The number of aryl methyl sites for hydroxylation is 1. The van der Waals surface area contributed by atoms with Crippen LogP contribution in [0.5, 0.6) is 5.75 Å². The van der Waals surface area contributed by atoms with Crippen molar-refractivity contribution in [3.8, 4) is 5.75 Å². The standard InChI is InChI=1S/C15H24O3/c1-4-12(9-13(17)10-16)14-8-11(3)6-7-15(14)18-5-2/h6-8,12-13,16-17H,4-5,9-10H2,1-3H3. The highest BCUT2D eigenvalue weighted by Gasteiger charge is 2.18. The SMILES string of the molecule is CCOc1ccc(C)cc1C(CC)CC(O)CO. The second kappa shape index (κ2) is 7.39. The molecule has 0 fully saturated rings. The third-order valence-electron chi connectivity index (χ3n) is 3.17. The molecule has 18 heavy (non-hydrogen) atoms. The molecule has 0 amide bonds. The van der Waals surface area contributed by atoms with Crippen LogP contribution in [0.25, 0.3) is 0 Å². The Balaban J connectivity index is 2.98. The normalized spacial score (nSPS) is 14.3. The van der Waals surface area contributed by atoms with Crippen LogP contribution in [-0.2, 0) is 0 Å². The van der Waals surface area contributed by atoms with Gasteiger partial charge in [-0.1, -0.05) is 24.6 Å². The first-order chi connectivity index (χ1) is 8.62. The van der Waals surface area contributed by atoms with Crippen molar-refractivity contribution < 1.29 is 14.9 Å². The van der Waals surface area contributed by atoms with Crippen LogP contribution in [0.2, 0.25) is 0 Å². The molecule has 2 N–H and O–H groups in total. The Morgan fingerprint density at radius 1 is 1.28 bits per heavy atom. The van der Waals surface area contributed by atoms with Crippen LogP contribution in [0, 0.1) is 6.92 Å². The van der Waals surface area contributed by atoms with Crippen LogP contribution in [-0.4, -0.2) is 29.5 Å². The summed E-state index contributed by atoms with van der Waals surface area (Å²) in [4.78, 5) is 0. The van der Waals surface area contributed by atoms with Crippen LogP contribution in [0.4, 0.5) is 0 Å². The summed E-state index contributed by atoms with van der Waals surface area (Å²) in [5.74, 6) is 1.11.